The van der Waals surface area contributed by atoms with Gasteiger partial charge in [0.05, 0.1) is 41.1 Å². The summed E-state index contributed by atoms with van der Waals surface area (Å²) in [4.78, 5) is 34.4. The molecule has 0 aliphatic heterocycles. The van der Waals surface area contributed by atoms with Crippen molar-refractivity contribution in [3.05, 3.63) is 97.3 Å². The maximum Gasteiger partial charge on any atom is 0.255 e. The van der Waals surface area contributed by atoms with E-state index in [1.807, 2.05) is 48.5 Å². The molecule has 0 saturated heterocycles. The molecule has 0 spiro atoms. The summed E-state index contributed by atoms with van der Waals surface area (Å²) in [5, 5.41) is 10.4. The third-order valence-electron chi connectivity index (χ3n) is 6.16. The van der Waals surface area contributed by atoms with Crippen LogP contribution in [0.4, 0.5) is 5.69 Å². The number of pyridine rings is 3. The smallest absolute Gasteiger partial charge is 0.255 e. The third-order valence-corrected chi connectivity index (χ3v) is 6.16. The number of imidazole rings is 1. The first-order chi connectivity index (χ1) is 18.7. The van der Waals surface area contributed by atoms with Crippen LogP contribution in [0.25, 0.3) is 56.1 Å². The van der Waals surface area contributed by atoms with Crippen LogP contribution < -0.4 is 5.32 Å². The van der Waals surface area contributed by atoms with Gasteiger partial charge >= 0.3 is 0 Å². The molecule has 0 fully saturated rings. The van der Waals surface area contributed by atoms with Crippen molar-refractivity contribution in [3.63, 3.8) is 0 Å². The highest BCUT2D eigenvalue weighted by Crippen LogP contribution is 2.31. The summed E-state index contributed by atoms with van der Waals surface area (Å²) in [5.41, 5.74) is 7.66. The molecule has 38 heavy (non-hydrogen) atoms. The topological polar surface area (TPSA) is 138 Å². The van der Waals surface area contributed by atoms with Crippen molar-refractivity contribution in [1.82, 2.24) is 35.1 Å². The molecule has 0 aliphatic carbocycles. The average Bonchev–Trinajstić information content (AvgIpc) is 3.73. The largest absolute Gasteiger partial charge is 0.472 e. The van der Waals surface area contributed by atoms with Gasteiger partial charge in [0, 0.05) is 29.1 Å². The summed E-state index contributed by atoms with van der Waals surface area (Å²) in [6.07, 6.45) is 8.27. The van der Waals surface area contributed by atoms with Crippen LogP contribution >= 0.6 is 0 Å². The number of aromatic amines is 2. The van der Waals surface area contributed by atoms with E-state index in [4.69, 9.17) is 14.4 Å². The summed E-state index contributed by atoms with van der Waals surface area (Å²) in [6.45, 7) is 0. The first-order valence-electron chi connectivity index (χ1n) is 11.8. The first-order valence-corrected chi connectivity index (χ1v) is 11.8. The fraction of sp³-hybridized carbons (Fsp3) is 0. The molecular weight excluding hydrogens is 480 g/mol. The van der Waals surface area contributed by atoms with Crippen LogP contribution in [0.15, 0.2) is 96.2 Å². The number of carbonyl (C=O) groups is 1. The molecule has 7 rings (SSSR count). The highest BCUT2D eigenvalue weighted by Gasteiger charge is 2.18. The van der Waals surface area contributed by atoms with E-state index in [1.54, 1.807) is 43.2 Å². The summed E-state index contributed by atoms with van der Waals surface area (Å²) in [7, 11) is 0. The second kappa shape index (κ2) is 8.79. The number of benzene rings is 1. The van der Waals surface area contributed by atoms with Gasteiger partial charge in [-0.1, -0.05) is 18.2 Å². The van der Waals surface area contributed by atoms with Gasteiger partial charge in [-0.2, -0.15) is 5.10 Å². The van der Waals surface area contributed by atoms with E-state index in [0.717, 1.165) is 22.2 Å². The third kappa shape index (κ3) is 3.77. The van der Waals surface area contributed by atoms with E-state index in [1.165, 1.54) is 0 Å². The Morgan fingerprint density at radius 2 is 1.76 bits per heavy atom. The summed E-state index contributed by atoms with van der Waals surface area (Å²) < 4.78 is 5.23. The number of aromatic nitrogens is 7. The molecule has 1 aromatic carbocycles. The molecule has 0 aliphatic rings. The highest BCUT2D eigenvalue weighted by molar-refractivity contribution is 6.04. The predicted octanol–water partition coefficient (Wildman–Crippen LogP) is 5.47. The molecule has 6 aromatic heterocycles. The fourth-order valence-electron chi connectivity index (χ4n) is 4.32. The second-order valence-electron chi connectivity index (χ2n) is 8.60. The van der Waals surface area contributed by atoms with Gasteiger partial charge in [0.1, 0.15) is 16.7 Å². The van der Waals surface area contributed by atoms with Crippen LogP contribution in [0.1, 0.15) is 10.4 Å². The second-order valence-corrected chi connectivity index (χ2v) is 8.60. The Hall–Kier alpha value is -5.64. The van der Waals surface area contributed by atoms with Crippen LogP contribution in [-0.4, -0.2) is 41.0 Å². The maximum atomic E-state index is 12.6. The highest BCUT2D eigenvalue weighted by atomic mass is 16.3. The minimum atomic E-state index is -0.209. The van der Waals surface area contributed by atoms with E-state index in [0.29, 0.717) is 45.2 Å². The Morgan fingerprint density at radius 1 is 0.868 bits per heavy atom. The zero-order valence-corrected chi connectivity index (χ0v) is 19.7. The lowest BCUT2D eigenvalue weighted by Crippen LogP contribution is -2.11. The normalized spacial score (nSPS) is 11.3. The quantitative estimate of drug-likeness (QED) is 0.286. The standard InChI is InChI=1S/C28H18N8O2/c37-28(16-4-2-1-3-5-16)31-19-12-18(13-29-14-19)20-6-7-22-25(32-20)26(36-35-22)27-33-21-8-10-30-23(24(21)34-27)17-9-11-38-15-17/h1-15H,(H,31,37)(H,33,34)(H,35,36). The van der Waals surface area contributed by atoms with E-state index in [9.17, 15) is 4.79 Å². The van der Waals surface area contributed by atoms with Crippen LogP contribution in [-0.2, 0) is 0 Å². The van der Waals surface area contributed by atoms with Crippen molar-refractivity contribution in [1.29, 1.82) is 0 Å². The Morgan fingerprint density at radius 3 is 2.63 bits per heavy atom. The summed E-state index contributed by atoms with van der Waals surface area (Å²) in [6, 6.07) is 18.4. The van der Waals surface area contributed by atoms with Crippen molar-refractivity contribution in [2.45, 2.75) is 0 Å². The van der Waals surface area contributed by atoms with Gasteiger partial charge < -0.3 is 14.7 Å². The van der Waals surface area contributed by atoms with Crippen LogP contribution in [0.3, 0.4) is 0 Å². The molecule has 0 bridgehead atoms. The Labute approximate surface area is 214 Å². The van der Waals surface area contributed by atoms with Gasteiger partial charge in [-0.3, -0.25) is 19.9 Å². The van der Waals surface area contributed by atoms with Gasteiger partial charge in [0.2, 0.25) is 0 Å². The molecule has 10 heteroatoms. The Balaban J connectivity index is 1.25. The van der Waals surface area contributed by atoms with Crippen LogP contribution in [0.2, 0.25) is 0 Å². The van der Waals surface area contributed by atoms with Crippen LogP contribution in [0.5, 0.6) is 0 Å². The maximum absolute atomic E-state index is 12.6. The number of rotatable bonds is 5. The molecule has 10 nitrogen and oxygen atoms in total. The lowest BCUT2D eigenvalue weighted by atomic mass is 10.1. The zero-order chi connectivity index (χ0) is 25.5. The van der Waals surface area contributed by atoms with E-state index >= 15 is 0 Å². The first kappa shape index (κ1) is 21.6. The monoisotopic (exact) mass is 498 g/mol. The molecule has 0 radical (unpaired) electrons. The number of nitrogens with zero attached hydrogens (tertiary/aromatic N) is 5. The van der Waals surface area contributed by atoms with Crippen molar-refractivity contribution in [3.8, 4) is 34.0 Å². The lowest BCUT2D eigenvalue weighted by Gasteiger charge is -2.07. The van der Waals surface area contributed by atoms with Gasteiger partial charge in [-0.15, -0.1) is 0 Å². The summed E-state index contributed by atoms with van der Waals surface area (Å²) >= 11 is 0. The number of amides is 1. The molecular formula is C28H18N8O2. The van der Waals surface area contributed by atoms with Gasteiger partial charge in [-0.05, 0) is 42.5 Å². The SMILES string of the molecule is O=C(Nc1cncc(-c2ccc3[nH]nc(-c4nc5c(-c6ccoc6)nccc5[nH]4)c3n2)c1)c1ccccc1. The Kier molecular flexibility index (Phi) is 5.00. The number of anilines is 1. The van der Waals surface area contributed by atoms with Crippen molar-refractivity contribution >= 4 is 33.7 Å². The van der Waals surface area contributed by atoms with Crippen molar-refractivity contribution in [2.24, 2.45) is 0 Å². The molecule has 0 unspecified atom stereocenters. The minimum absolute atomic E-state index is 0.209. The lowest BCUT2D eigenvalue weighted by molar-refractivity contribution is 0.102. The van der Waals surface area contributed by atoms with E-state index in [-0.39, 0.29) is 5.91 Å². The number of fused-ring (bicyclic) bond motifs is 2. The number of hydrogen-bond acceptors (Lipinski definition) is 7. The van der Waals surface area contributed by atoms with Crippen molar-refractivity contribution < 1.29 is 9.21 Å². The van der Waals surface area contributed by atoms with Crippen molar-refractivity contribution in [2.75, 3.05) is 5.32 Å². The molecule has 182 valence electrons. The molecule has 1 amide bonds. The molecule has 3 N–H and O–H groups in total. The fourth-order valence-corrected chi connectivity index (χ4v) is 4.32. The molecule has 6 heterocycles. The predicted molar refractivity (Wildman–Crippen MR) is 142 cm³/mol. The molecule has 7 aromatic rings. The van der Waals surface area contributed by atoms with E-state index in [2.05, 4.69) is 30.5 Å². The van der Waals surface area contributed by atoms with Gasteiger partial charge in [0.25, 0.3) is 5.91 Å². The molecule has 0 atom stereocenters. The number of nitrogens with one attached hydrogen (secondary N) is 3. The average molecular weight is 499 g/mol. The number of carbonyl (C=O) groups excluding carboxylic acids is 1. The number of H-pyrrole nitrogens is 2. The number of furan rings is 1. The van der Waals surface area contributed by atoms with Gasteiger partial charge in [-0.25, -0.2) is 9.97 Å². The minimum Gasteiger partial charge on any atom is -0.472 e. The number of hydrogen-bond donors (Lipinski definition) is 3. The van der Waals surface area contributed by atoms with E-state index < -0.39 is 0 Å². The van der Waals surface area contributed by atoms with Crippen LogP contribution in [0, 0.1) is 0 Å². The Bertz CT molecular complexity index is 1920. The van der Waals surface area contributed by atoms with Gasteiger partial charge in [0.15, 0.2) is 11.5 Å². The summed E-state index contributed by atoms with van der Waals surface area (Å²) in [5.74, 6) is 0.356. The zero-order valence-electron chi connectivity index (χ0n) is 19.7. The molecule has 0 saturated carbocycles.